The predicted octanol–water partition coefficient (Wildman–Crippen LogP) is 1.83. The molecule has 0 spiro atoms. The molecule has 0 aliphatic carbocycles. The third-order valence-electron chi connectivity index (χ3n) is 1.96. The quantitative estimate of drug-likeness (QED) is 0.775. The van der Waals surface area contributed by atoms with E-state index >= 15 is 0 Å². The van der Waals surface area contributed by atoms with Crippen LogP contribution in [0.4, 0.5) is 0 Å². The number of aromatic hydroxyl groups is 1. The van der Waals surface area contributed by atoms with Crippen molar-refractivity contribution in [2.45, 2.75) is 5.92 Å². The number of benzene rings is 1. The predicted molar refractivity (Wildman–Crippen MR) is 56.3 cm³/mol. The summed E-state index contributed by atoms with van der Waals surface area (Å²) >= 11 is 1.67. The smallest absolute Gasteiger partial charge is 0.119 e. The van der Waals surface area contributed by atoms with Crippen molar-refractivity contribution in [3.8, 4) is 5.75 Å². The Labute approximate surface area is 82.6 Å². The Bertz CT molecular complexity index is 263. The SMILES string of the molecule is CSCC(CO)c1ccccc1O. The van der Waals surface area contributed by atoms with Gasteiger partial charge in [-0.05, 0) is 12.3 Å². The number of thioether (sulfide) groups is 1. The van der Waals surface area contributed by atoms with Crippen LogP contribution in [0.5, 0.6) is 5.75 Å². The lowest BCUT2D eigenvalue weighted by molar-refractivity contribution is 0.272. The number of aliphatic hydroxyl groups is 1. The molecule has 13 heavy (non-hydrogen) atoms. The first kappa shape index (κ1) is 10.4. The van der Waals surface area contributed by atoms with Crippen molar-refractivity contribution in [2.75, 3.05) is 18.6 Å². The van der Waals surface area contributed by atoms with E-state index in [1.165, 1.54) is 0 Å². The molecule has 0 aliphatic heterocycles. The average molecular weight is 198 g/mol. The van der Waals surface area contributed by atoms with Crippen molar-refractivity contribution >= 4 is 11.8 Å². The number of hydrogen-bond acceptors (Lipinski definition) is 3. The van der Waals surface area contributed by atoms with Crippen LogP contribution in [0.25, 0.3) is 0 Å². The Hall–Kier alpha value is -0.670. The van der Waals surface area contributed by atoms with Gasteiger partial charge in [-0.1, -0.05) is 18.2 Å². The molecule has 1 rings (SSSR count). The van der Waals surface area contributed by atoms with E-state index in [0.717, 1.165) is 11.3 Å². The lowest BCUT2D eigenvalue weighted by Gasteiger charge is -2.14. The van der Waals surface area contributed by atoms with Crippen LogP contribution >= 0.6 is 11.8 Å². The zero-order valence-electron chi connectivity index (χ0n) is 7.60. The zero-order valence-corrected chi connectivity index (χ0v) is 8.42. The Morgan fingerprint density at radius 1 is 1.38 bits per heavy atom. The minimum Gasteiger partial charge on any atom is -0.508 e. The van der Waals surface area contributed by atoms with Crippen molar-refractivity contribution in [1.82, 2.24) is 0 Å². The second kappa shape index (κ2) is 5.14. The lowest BCUT2D eigenvalue weighted by atomic mass is 10.0. The Balaban J connectivity index is 2.84. The third-order valence-corrected chi connectivity index (χ3v) is 2.70. The minimum absolute atomic E-state index is 0.0381. The minimum atomic E-state index is 0.0381. The summed E-state index contributed by atoms with van der Waals surface area (Å²) < 4.78 is 0. The highest BCUT2D eigenvalue weighted by atomic mass is 32.2. The largest absolute Gasteiger partial charge is 0.508 e. The van der Waals surface area contributed by atoms with Gasteiger partial charge in [0.25, 0.3) is 0 Å². The fraction of sp³-hybridized carbons (Fsp3) is 0.400. The molecular formula is C10H14O2S. The van der Waals surface area contributed by atoms with Crippen molar-refractivity contribution < 1.29 is 10.2 Å². The molecule has 0 amide bonds. The van der Waals surface area contributed by atoms with Gasteiger partial charge < -0.3 is 10.2 Å². The maximum absolute atomic E-state index is 9.52. The molecule has 72 valence electrons. The monoisotopic (exact) mass is 198 g/mol. The molecule has 3 heteroatoms. The summed E-state index contributed by atoms with van der Waals surface area (Å²) in [4.78, 5) is 0. The zero-order chi connectivity index (χ0) is 9.68. The summed E-state index contributed by atoms with van der Waals surface area (Å²) in [7, 11) is 0. The number of rotatable bonds is 4. The molecule has 0 saturated carbocycles. The van der Waals surface area contributed by atoms with Crippen LogP contribution in [-0.4, -0.2) is 28.8 Å². The first-order valence-electron chi connectivity index (χ1n) is 4.17. The van der Waals surface area contributed by atoms with Crippen molar-refractivity contribution in [3.05, 3.63) is 29.8 Å². The fourth-order valence-electron chi connectivity index (χ4n) is 1.27. The Kier molecular flexibility index (Phi) is 4.12. The molecule has 0 aliphatic rings. The van der Waals surface area contributed by atoms with E-state index in [4.69, 9.17) is 5.11 Å². The summed E-state index contributed by atoms with van der Waals surface area (Å²) in [6, 6.07) is 7.16. The molecule has 0 radical (unpaired) electrons. The molecule has 1 aromatic carbocycles. The highest BCUT2D eigenvalue weighted by molar-refractivity contribution is 7.98. The Morgan fingerprint density at radius 2 is 2.08 bits per heavy atom. The van der Waals surface area contributed by atoms with Crippen LogP contribution in [-0.2, 0) is 0 Å². The van der Waals surface area contributed by atoms with Gasteiger partial charge in [0.2, 0.25) is 0 Å². The molecule has 0 bridgehead atoms. The van der Waals surface area contributed by atoms with E-state index in [-0.39, 0.29) is 18.3 Å². The molecule has 1 aromatic rings. The molecule has 2 N–H and O–H groups in total. The first-order valence-corrected chi connectivity index (χ1v) is 5.56. The first-order chi connectivity index (χ1) is 6.29. The highest BCUT2D eigenvalue weighted by Crippen LogP contribution is 2.27. The summed E-state index contributed by atoms with van der Waals surface area (Å²) in [6.07, 6.45) is 1.99. The van der Waals surface area contributed by atoms with Gasteiger partial charge in [0, 0.05) is 17.2 Å². The molecule has 0 aromatic heterocycles. The maximum Gasteiger partial charge on any atom is 0.119 e. The van der Waals surface area contributed by atoms with Gasteiger partial charge in [0.15, 0.2) is 0 Å². The summed E-state index contributed by atoms with van der Waals surface area (Å²) in [5.74, 6) is 1.14. The van der Waals surface area contributed by atoms with Crippen LogP contribution in [0.1, 0.15) is 11.5 Å². The van der Waals surface area contributed by atoms with Crippen LogP contribution in [0.15, 0.2) is 24.3 Å². The molecule has 0 fully saturated rings. The number of para-hydroxylation sites is 1. The van der Waals surface area contributed by atoms with Gasteiger partial charge in [-0.2, -0.15) is 11.8 Å². The normalized spacial score (nSPS) is 12.8. The number of aliphatic hydroxyl groups excluding tert-OH is 1. The van der Waals surface area contributed by atoms with Gasteiger partial charge in [0.1, 0.15) is 5.75 Å². The van der Waals surface area contributed by atoms with Crippen molar-refractivity contribution in [2.24, 2.45) is 0 Å². The lowest BCUT2D eigenvalue weighted by Crippen LogP contribution is -2.06. The second-order valence-electron chi connectivity index (χ2n) is 2.89. The topological polar surface area (TPSA) is 40.5 Å². The average Bonchev–Trinajstić information content (AvgIpc) is 2.16. The van der Waals surface area contributed by atoms with E-state index in [1.807, 2.05) is 18.4 Å². The highest BCUT2D eigenvalue weighted by Gasteiger charge is 2.12. The standard InChI is InChI=1S/C10H14O2S/c1-13-7-8(6-11)9-4-2-3-5-10(9)12/h2-5,8,11-12H,6-7H2,1H3. The van der Waals surface area contributed by atoms with E-state index in [9.17, 15) is 5.11 Å². The van der Waals surface area contributed by atoms with E-state index in [0.29, 0.717) is 0 Å². The summed E-state index contributed by atoms with van der Waals surface area (Å²) in [6.45, 7) is 0.0818. The molecule has 1 atom stereocenters. The van der Waals surface area contributed by atoms with E-state index < -0.39 is 0 Å². The fourth-order valence-corrected chi connectivity index (χ4v) is 1.96. The Morgan fingerprint density at radius 3 is 2.62 bits per heavy atom. The number of phenols is 1. The van der Waals surface area contributed by atoms with Crippen LogP contribution in [0, 0.1) is 0 Å². The van der Waals surface area contributed by atoms with Gasteiger partial charge in [-0.15, -0.1) is 0 Å². The molecule has 0 heterocycles. The van der Waals surface area contributed by atoms with Gasteiger partial charge in [-0.3, -0.25) is 0 Å². The number of phenolic OH excluding ortho intramolecular Hbond substituents is 1. The molecule has 0 saturated heterocycles. The van der Waals surface area contributed by atoms with Gasteiger partial charge in [0.05, 0.1) is 6.61 Å². The van der Waals surface area contributed by atoms with Crippen LogP contribution in [0.3, 0.4) is 0 Å². The number of hydrogen-bond donors (Lipinski definition) is 2. The molecule has 1 unspecified atom stereocenters. The molecule has 2 nitrogen and oxygen atoms in total. The third kappa shape index (κ3) is 2.64. The van der Waals surface area contributed by atoms with E-state index in [2.05, 4.69) is 0 Å². The second-order valence-corrected chi connectivity index (χ2v) is 3.80. The van der Waals surface area contributed by atoms with E-state index in [1.54, 1.807) is 23.9 Å². The van der Waals surface area contributed by atoms with Crippen molar-refractivity contribution in [1.29, 1.82) is 0 Å². The molecular weight excluding hydrogens is 184 g/mol. The van der Waals surface area contributed by atoms with Gasteiger partial charge in [-0.25, -0.2) is 0 Å². The maximum atomic E-state index is 9.52. The summed E-state index contributed by atoms with van der Waals surface area (Å²) in [5, 5.41) is 18.6. The van der Waals surface area contributed by atoms with Crippen LogP contribution < -0.4 is 0 Å². The summed E-state index contributed by atoms with van der Waals surface area (Å²) in [5.41, 5.74) is 0.833. The van der Waals surface area contributed by atoms with Crippen LogP contribution in [0.2, 0.25) is 0 Å². The van der Waals surface area contributed by atoms with Gasteiger partial charge >= 0.3 is 0 Å². The van der Waals surface area contributed by atoms with Crippen molar-refractivity contribution in [3.63, 3.8) is 0 Å².